The summed E-state index contributed by atoms with van der Waals surface area (Å²) in [7, 11) is 1.41. The Kier molecular flexibility index (Phi) is 6.43. The Morgan fingerprint density at radius 3 is 2.26 bits per heavy atom. The fourth-order valence-electron chi connectivity index (χ4n) is 3.61. The molecule has 3 aromatic carbocycles. The van der Waals surface area contributed by atoms with Crippen molar-refractivity contribution in [3.8, 4) is 0 Å². The van der Waals surface area contributed by atoms with Gasteiger partial charge < -0.3 is 9.64 Å². The van der Waals surface area contributed by atoms with E-state index in [1.807, 2.05) is 72.8 Å². The van der Waals surface area contributed by atoms with Gasteiger partial charge >= 0.3 is 5.97 Å². The maximum atomic E-state index is 12.5. The maximum absolute atomic E-state index is 12.5. The van der Waals surface area contributed by atoms with E-state index in [9.17, 15) is 4.79 Å². The van der Waals surface area contributed by atoms with Crippen LogP contribution in [0.3, 0.4) is 0 Å². The third kappa shape index (κ3) is 5.01. The summed E-state index contributed by atoms with van der Waals surface area (Å²) in [5.41, 5.74) is 8.10. The van der Waals surface area contributed by atoms with Crippen LogP contribution in [0, 0.1) is 0 Å². The summed E-state index contributed by atoms with van der Waals surface area (Å²) < 4.78 is 5.07. The van der Waals surface area contributed by atoms with E-state index in [4.69, 9.17) is 16.3 Å². The molecule has 31 heavy (non-hydrogen) atoms. The van der Waals surface area contributed by atoms with E-state index >= 15 is 0 Å². The van der Waals surface area contributed by atoms with Crippen molar-refractivity contribution in [2.24, 2.45) is 0 Å². The smallest absolute Gasteiger partial charge is 0.337 e. The molecular weight excluding hydrogens is 410 g/mol. The monoisotopic (exact) mass is 433 g/mol. The number of ether oxygens (including phenoxy) is 1. The topological polar surface area (TPSA) is 44.8 Å². The van der Waals surface area contributed by atoms with E-state index in [1.54, 1.807) is 0 Å². The average molecular weight is 434 g/mol. The number of rotatable bonds is 7. The van der Waals surface area contributed by atoms with Crippen molar-refractivity contribution >= 4 is 28.9 Å². The van der Waals surface area contributed by atoms with Crippen molar-refractivity contribution in [3.05, 3.63) is 107 Å². The van der Waals surface area contributed by atoms with Crippen LogP contribution in [0.4, 0.5) is 11.4 Å². The molecule has 0 saturated carbocycles. The van der Waals surface area contributed by atoms with Crippen molar-refractivity contribution in [1.29, 1.82) is 0 Å². The second kappa shape index (κ2) is 9.58. The lowest BCUT2D eigenvalue weighted by Gasteiger charge is -2.28. The molecule has 0 atom stereocenters. The van der Waals surface area contributed by atoms with Crippen LogP contribution < -0.4 is 15.3 Å². The largest absolute Gasteiger partial charge is 0.466 e. The number of hydrazine groups is 1. The highest BCUT2D eigenvalue weighted by atomic mass is 35.5. The lowest BCUT2D eigenvalue weighted by Crippen LogP contribution is -2.39. The Morgan fingerprint density at radius 2 is 1.61 bits per heavy atom. The van der Waals surface area contributed by atoms with E-state index in [2.05, 4.69) is 27.5 Å². The number of esters is 1. The van der Waals surface area contributed by atoms with E-state index in [0.717, 1.165) is 22.6 Å². The number of para-hydroxylation sites is 1. The Bertz CT molecular complexity index is 1050. The van der Waals surface area contributed by atoms with Crippen LogP contribution in [-0.4, -0.2) is 26.2 Å². The van der Waals surface area contributed by atoms with Gasteiger partial charge in [-0.15, -0.1) is 0 Å². The van der Waals surface area contributed by atoms with E-state index in [0.29, 0.717) is 30.2 Å². The van der Waals surface area contributed by atoms with Crippen LogP contribution in [0.15, 0.2) is 96.2 Å². The number of nitrogens with one attached hydrogen (secondary N) is 1. The summed E-state index contributed by atoms with van der Waals surface area (Å²) in [6.45, 7) is 1.67. The van der Waals surface area contributed by atoms with Crippen LogP contribution in [0.2, 0.25) is 5.02 Å². The molecule has 1 heterocycles. The van der Waals surface area contributed by atoms with Gasteiger partial charge in [-0.05, 0) is 42.0 Å². The van der Waals surface area contributed by atoms with Crippen molar-refractivity contribution in [1.82, 2.24) is 5.43 Å². The number of halogens is 1. The highest BCUT2D eigenvalue weighted by molar-refractivity contribution is 6.30. The van der Waals surface area contributed by atoms with Crippen molar-refractivity contribution in [2.75, 3.05) is 30.1 Å². The molecule has 0 radical (unpaired) electrons. The minimum absolute atomic E-state index is 0.327. The fraction of sp³-hybridized carbons (Fsp3) is 0.160. The molecule has 1 aliphatic rings. The molecule has 0 aliphatic carbocycles. The first-order valence-corrected chi connectivity index (χ1v) is 10.5. The zero-order chi connectivity index (χ0) is 21.6. The Hall–Kier alpha value is -3.44. The number of carbonyl (C=O) groups excluding carboxylic acids is 1. The molecule has 0 aromatic heterocycles. The number of methoxy groups -OCH3 is 1. The minimum Gasteiger partial charge on any atom is -0.466 e. The molecule has 0 fully saturated rings. The third-order valence-corrected chi connectivity index (χ3v) is 5.46. The van der Waals surface area contributed by atoms with E-state index < -0.39 is 0 Å². The molecule has 6 heteroatoms. The third-order valence-electron chi connectivity index (χ3n) is 5.21. The Morgan fingerprint density at radius 1 is 0.968 bits per heavy atom. The first-order chi connectivity index (χ1) is 15.1. The van der Waals surface area contributed by atoms with Gasteiger partial charge in [-0.1, -0.05) is 60.1 Å². The number of benzene rings is 3. The maximum Gasteiger partial charge on any atom is 0.337 e. The van der Waals surface area contributed by atoms with Gasteiger partial charge in [0.1, 0.15) is 0 Å². The van der Waals surface area contributed by atoms with Crippen LogP contribution in [0.1, 0.15) is 5.56 Å². The van der Waals surface area contributed by atoms with Gasteiger partial charge in [-0.25, -0.2) is 4.79 Å². The van der Waals surface area contributed by atoms with Gasteiger partial charge in [0.25, 0.3) is 0 Å². The summed E-state index contributed by atoms with van der Waals surface area (Å²) in [6.07, 6.45) is 0. The van der Waals surface area contributed by atoms with Crippen molar-refractivity contribution in [3.63, 3.8) is 0 Å². The Balaban J connectivity index is 1.62. The molecule has 1 N–H and O–H groups in total. The van der Waals surface area contributed by atoms with Gasteiger partial charge in [-0.3, -0.25) is 10.4 Å². The molecule has 0 saturated heterocycles. The SMILES string of the molecule is COC(=O)C1=C(NN(Cc2ccccc2)c2ccccc2)CN(c2ccc(Cl)cc2)C1. The molecule has 1 aliphatic heterocycles. The molecule has 3 aromatic rings. The second-order valence-corrected chi connectivity index (χ2v) is 7.74. The Labute approximate surface area is 187 Å². The van der Waals surface area contributed by atoms with Gasteiger partial charge in [-0.2, -0.15) is 0 Å². The average Bonchev–Trinajstić information content (AvgIpc) is 3.23. The normalized spacial score (nSPS) is 13.3. The molecule has 0 spiro atoms. The first-order valence-electron chi connectivity index (χ1n) is 10.1. The molecule has 0 bridgehead atoms. The van der Waals surface area contributed by atoms with E-state index in [-0.39, 0.29) is 5.97 Å². The van der Waals surface area contributed by atoms with Crippen LogP contribution in [0.5, 0.6) is 0 Å². The predicted molar refractivity (Wildman–Crippen MR) is 125 cm³/mol. The number of hydrogen-bond donors (Lipinski definition) is 1. The summed E-state index contributed by atoms with van der Waals surface area (Å²) >= 11 is 6.04. The quantitative estimate of drug-likeness (QED) is 0.428. The van der Waals surface area contributed by atoms with E-state index in [1.165, 1.54) is 7.11 Å². The van der Waals surface area contributed by atoms with Crippen molar-refractivity contribution in [2.45, 2.75) is 6.54 Å². The molecule has 5 nitrogen and oxygen atoms in total. The van der Waals surface area contributed by atoms with Crippen LogP contribution in [0.25, 0.3) is 0 Å². The molecule has 0 unspecified atom stereocenters. The number of hydrogen-bond acceptors (Lipinski definition) is 5. The second-order valence-electron chi connectivity index (χ2n) is 7.30. The van der Waals surface area contributed by atoms with Gasteiger partial charge in [0.2, 0.25) is 0 Å². The van der Waals surface area contributed by atoms with Crippen LogP contribution in [-0.2, 0) is 16.1 Å². The van der Waals surface area contributed by atoms with Crippen molar-refractivity contribution < 1.29 is 9.53 Å². The number of nitrogens with zero attached hydrogens (tertiary/aromatic N) is 2. The molecule has 4 rings (SSSR count). The summed E-state index contributed by atoms with van der Waals surface area (Å²) in [4.78, 5) is 14.7. The lowest BCUT2D eigenvalue weighted by molar-refractivity contribution is -0.136. The van der Waals surface area contributed by atoms with Gasteiger partial charge in [0.05, 0.1) is 43.7 Å². The van der Waals surface area contributed by atoms with Gasteiger partial charge in [0.15, 0.2) is 0 Å². The zero-order valence-corrected chi connectivity index (χ0v) is 18.0. The fourth-order valence-corrected chi connectivity index (χ4v) is 3.73. The standard InChI is InChI=1S/C25H24ClN3O2/c1-31-25(30)23-17-28(21-14-12-20(26)13-15-21)18-24(23)27-29(22-10-6-3-7-11-22)16-19-8-4-2-5-9-19/h2-15,27H,16-18H2,1H3. The zero-order valence-electron chi connectivity index (χ0n) is 17.3. The summed E-state index contributed by atoms with van der Waals surface area (Å²) in [5.74, 6) is -0.327. The molecule has 158 valence electrons. The predicted octanol–water partition coefficient (Wildman–Crippen LogP) is 4.80. The lowest BCUT2D eigenvalue weighted by atomic mass is 10.2. The van der Waals surface area contributed by atoms with Gasteiger partial charge in [0, 0.05) is 10.7 Å². The molecular formula is C25H24ClN3O2. The number of anilines is 2. The number of carbonyl (C=O) groups is 1. The summed E-state index contributed by atoms with van der Waals surface area (Å²) in [6, 6.07) is 27.9. The van der Waals surface area contributed by atoms with Crippen LogP contribution >= 0.6 is 11.6 Å². The minimum atomic E-state index is -0.327. The molecule has 0 amide bonds. The highest BCUT2D eigenvalue weighted by Crippen LogP contribution is 2.26. The first kappa shape index (κ1) is 20.8. The summed E-state index contributed by atoms with van der Waals surface area (Å²) in [5, 5.41) is 2.74. The highest BCUT2D eigenvalue weighted by Gasteiger charge is 2.29.